The van der Waals surface area contributed by atoms with Crippen LogP contribution in [0.2, 0.25) is 0 Å². The van der Waals surface area contributed by atoms with Crippen LogP contribution in [0.15, 0.2) is 36.5 Å². The Morgan fingerprint density at radius 1 is 0.707 bits per heavy atom. The molecule has 0 heterocycles. The fourth-order valence-corrected chi connectivity index (χ4v) is 4.42. The van der Waals surface area contributed by atoms with E-state index in [2.05, 4.69) is 54.8 Å². The second-order valence-corrected chi connectivity index (χ2v) is 11.8. The van der Waals surface area contributed by atoms with E-state index in [-0.39, 0.29) is 25.4 Å². The van der Waals surface area contributed by atoms with Crippen LogP contribution in [-0.2, 0) is 32.7 Å². The average molecular weight is 601 g/mol. The van der Waals surface area contributed by atoms with Crippen molar-refractivity contribution in [3.05, 3.63) is 36.5 Å². The molecule has 41 heavy (non-hydrogen) atoms. The van der Waals surface area contributed by atoms with Crippen LogP contribution < -0.4 is 0 Å². The van der Waals surface area contributed by atoms with Gasteiger partial charge in [0.2, 0.25) is 0 Å². The topological polar surface area (TPSA) is 108 Å². The molecule has 9 heteroatoms. The number of unbranched alkanes of at least 4 members (excludes halogenated alkanes) is 11. The van der Waals surface area contributed by atoms with Crippen molar-refractivity contribution in [1.29, 1.82) is 0 Å². The highest BCUT2D eigenvalue weighted by Crippen LogP contribution is 2.42. The summed E-state index contributed by atoms with van der Waals surface area (Å²) in [6, 6.07) is 0. The van der Waals surface area contributed by atoms with Gasteiger partial charge in [-0.1, -0.05) is 108 Å². The van der Waals surface area contributed by atoms with Crippen molar-refractivity contribution >= 4 is 19.8 Å². The molecule has 0 amide bonds. The van der Waals surface area contributed by atoms with E-state index in [0.717, 1.165) is 64.9 Å². The zero-order chi connectivity index (χ0) is 30.4. The van der Waals surface area contributed by atoms with E-state index in [4.69, 9.17) is 14.0 Å². The molecule has 8 nitrogen and oxygen atoms in total. The largest absolute Gasteiger partial charge is 0.472 e. The molecule has 0 aliphatic carbocycles. The number of allylic oxidation sites excluding steroid dienone is 6. The van der Waals surface area contributed by atoms with Crippen molar-refractivity contribution in [2.24, 2.45) is 0 Å². The van der Waals surface area contributed by atoms with E-state index >= 15 is 0 Å². The smallest absolute Gasteiger partial charge is 0.462 e. The highest BCUT2D eigenvalue weighted by atomic mass is 31.2. The number of rotatable bonds is 28. The lowest BCUT2D eigenvalue weighted by atomic mass is 10.1. The highest BCUT2D eigenvalue weighted by Gasteiger charge is 2.24. The van der Waals surface area contributed by atoms with Crippen LogP contribution in [0, 0.1) is 0 Å². The Bertz CT molecular complexity index is 778. The first-order valence-electron chi connectivity index (χ1n) is 15.7. The number of carbonyl (C=O) groups excluding carboxylic acids is 2. The number of phosphoric acid groups is 1. The Morgan fingerprint density at radius 2 is 1.24 bits per heavy atom. The molecule has 2 atom stereocenters. The van der Waals surface area contributed by atoms with E-state index in [1.165, 1.54) is 38.5 Å². The maximum absolute atomic E-state index is 12.3. The van der Waals surface area contributed by atoms with Crippen LogP contribution in [0.5, 0.6) is 0 Å². The van der Waals surface area contributed by atoms with Gasteiger partial charge in [-0.2, -0.15) is 0 Å². The fourth-order valence-electron chi connectivity index (χ4n) is 3.96. The van der Waals surface area contributed by atoms with Crippen molar-refractivity contribution < 1.29 is 37.6 Å². The molecule has 0 rings (SSSR count). The highest BCUT2D eigenvalue weighted by molar-refractivity contribution is 7.47. The predicted molar refractivity (Wildman–Crippen MR) is 165 cm³/mol. The Labute approximate surface area is 249 Å². The molecular weight excluding hydrogens is 543 g/mol. The molecule has 0 aromatic heterocycles. The van der Waals surface area contributed by atoms with Gasteiger partial charge in [-0.25, -0.2) is 4.57 Å². The Kier molecular flexibility index (Phi) is 27.2. The van der Waals surface area contributed by atoms with E-state index < -0.39 is 26.5 Å². The SMILES string of the molecule is CC/C=C\C/C=C\C/C=C\CCCCCC(=O)OC(COC(=O)CCCCCCCCCCC)COP(=O)(O)OC. The summed E-state index contributed by atoms with van der Waals surface area (Å²) in [4.78, 5) is 34.0. The van der Waals surface area contributed by atoms with Gasteiger partial charge in [0.1, 0.15) is 6.61 Å². The zero-order valence-corrected chi connectivity index (χ0v) is 26.8. The molecule has 0 aliphatic rings. The third-order valence-electron chi connectivity index (χ3n) is 6.40. The van der Waals surface area contributed by atoms with Crippen LogP contribution >= 0.6 is 7.82 Å². The first kappa shape index (κ1) is 39.3. The maximum Gasteiger partial charge on any atom is 0.472 e. The van der Waals surface area contributed by atoms with E-state index in [9.17, 15) is 19.0 Å². The second kappa shape index (κ2) is 28.4. The first-order chi connectivity index (χ1) is 19.8. The van der Waals surface area contributed by atoms with Crippen molar-refractivity contribution in [3.63, 3.8) is 0 Å². The van der Waals surface area contributed by atoms with Crippen molar-refractivity contribution in [1.82, 2.24) is 0 Å². The third-order valence-corrected chi connectivity index (χ3v) is 7.34. The lowest BCUT2D eigenvalue weighted by molar-refractivity contribution is -0.161. The van der Waals surface area contributed by atoms with Crippen LogP contribution in [0.4, 0.5) is 0 Å². The molecule has 0 saturated heterocycles. The Morgan fingerprint density at radius 3 is 1.85 bits per heavy atom. The van der Waals surface area contributed by atoms with E-state index in [0.29, 0.717) is 6.42 Å². The summed E-state index contributed by atoms with van der Waals surface area (Å²) >= 11 is 0. The molecular formula is C32H57O8P. The van der Waals surface area contributed by atoms with Gasteiger partial charge < -0.3 is 14.4 Å². The molecule has 0 spiro atoms. The van der Waals surface area contributed by atoms with Crippen molar-refractivity contribution in [2.75, 3.05) is 20.3 Å². The molecule has 0 bridgehead atoms. The molecule has 0 aliphatic heterocycles. The third kappa shape index (κ3) is 28.2. The standard InChI is InChI=1S/C32H57O8P/c1-4-6-8-10-12-14-15-16-17-19-21-23-25-27-32(34)40-30(29-39-41(35,36)37-3)28-38-31(33)26-24-22-20-18-13-11-9-7-5-2/h6,8,12,14,16-17,30H,4-5,7,9-11,13,15,18-29H2,1-3H3,(H,35,36)/b8-6-,14-12-,17-16-. The Hall–Kier alpha value is -1.73. The number of ether oxygens (including phenoxy) is 2. The van der Waals surface area contributed by atoms with Gasteiger partial charge in [0, 0.05) is 20.0 Å². The van der Waals surface area contributed by atoms with Gasteiger partial charge in [-0.15, -0.1) is 0 Å². The summed E-state index contributed by atoms with van der Waals surface area (Å²) in [5.74, 6) is -0.846. The molecule has 0 fully saturated rings. The van der Waals surface area contributed by atoms with Gasteiger partial charge in [0.15, 0.2) is 6.10 Å². The fraction of sp³-hybridized carbons (Fsp3) is 0.750. The van der Waals surface area contributed by atoms with E-state index in [1.807, 2.05) is 0 Å². The van der Waals surface area contributed by atoms with Crippen LogP contribution in [-0.4, -0.2) is 43.3 Å². The number of hydrogen-bond acceptors (Lipinski definition) is 7. The summed E-state index contributed by atoms with van der Waals surface area (Å²) in [5.41, 5.74) is 0. The molecule has 238 valence electrons. The van der Waals surface area contributed by atoms with Crippen LogP contribution in [0.1, 0.15) is 129 Å². The minimum Gasteiger partial charge on any atom is -0.462 e. The molecule has 0 radical (unpaired) electrons. The van der Waals surface area contributed by atoms with E-state index in [1.54, 1.807) is 0 Å². The zero-order valence-electron chi connectivity index (χ0n) is 25.9. The quantitative estimate of drug-likeness (QED) is 0.0410. The van der Waals surface area contributed by atoms with Gasteiger partial charge in [-0.05, 0) is 44.9 Å². The maximum atomic E-state index is 12.3. The van der Waals surface area contributed by atoms with Crippen LogP contribution in [0.3, 0.4) is 0 Å². The van der Waals surface area contributed by atoms with Gasteiger partial charge in [0.05, 0.1) is 6.61 Å². The number of esters is 2. The monoisotopic (exact) mass is 600 g/mol. The van der Waals surface area contributed by atoms with Gasteiger partial charge in [0.25, 0.3) is 0 Å². The summed E-state index contributed by atoms with van der Waals surface area (Å²) < 4.78 is 31.6. The number of phosphoric ester groups is 1. The van der Waals surface area contributed by atoms with Crippen LogP contribution in [0.25, 0.3) is 0 Å². The molecule has 0 aromatic carbocycles. The lowest BCUT2D eigenvalue weighted by Crippen LogP contribution is -2.29. The lowest BCUT2D eigenvalue weighted by Gasteiger charge is -2.19. The molecule has 0 saturated carbocycles. The summed E-state index contributed by atoms with van der Waals surface area (Å²) in [6.07, 6.45) is 29.2. The second-order valence-electron chi connectivity index (χ2n) is 10.2. The number of hydrogen-bond donors (Lipinski definition) is 1. The molecule has 0 aromatic rings. The summed E-state index contributed by atoms with van der Waals surface area (Å²) in [5, 5.41) is 0. The Balaban J connectivity index is 4.22. The average Bonchev–Trinajstić information content (AvgIpc) is 2.96. The normalized spacial score (nSPS) is 14.1. The molecule has 1 N–H and O–H groups in total. The minimum atomic E-state index is -4.25. The van der Waals surface area contributed by atoms with Gasteiger partial charge in [-0.3, -0.25) is 18.6 Å². The summed E-state index contributed by atoms with van der Waals surface area (Å²) in [7, 11) is -3.21. The minimum absolute atomic E-state index is 0.210. The summed E-state index contributed by atoms with van der Waals surface area (Å²) in [6.45, 7) is 3.68. The predicted octanol–water partition coefficient (Wildman–Crippen LogP) is 8.94. The number of carbonyl (C=O) groups is 2. The molecule has 2 unspecified atom stereocenters. The van der Waals surface area contributed by atoms with Crippen molar-refractivity contribution in [3.8, 4) is 0 Å². The first-order valence-corrected chi connectivity index (χ1v) is 17.2. The van der Waals surface area contributed by atoms with Gasteiger partial charge >= 0.3 is 19.8 Å². The van der Waals surface area contributed by atoms with Crippen molar-refractivity contribution in [2.45, 2.75) is 136 Å².